The maximum Gasteiger partial charge on any atom is 0.276 e. The molecular weight excluding hydrogens is 332 g/mol. The van der Waals surface area contributed by atoms with E-state index in [2.05, 4.69) is 5.10 Å². The molecule has 0 saturated heterocycles. The molecule has 0 amide bonds. The van der Waals surface area contributed by atoms with Crippen LogP contribution in [0.25, 0.3) is 6.08 Å². The largest absolute Gasteiger partial charge is 0.399 e. The number of nitro groups is 1. The van der Waals surface area contributed by atoms with E-state index in [1.165, 1.54) is 48.7 Å². The van der Waals surface area contributed by atoms with Gasteiger partial charge < -0.3 is 5.73 Å². The second-order valence-electron chi connectivity index (χ2n) is 4.62. The van der Waals surface area contributed by atoms with Gasteiger partial charge in [0.2, 0.25) is 0 Å². The molecule has 3 N–H and O–H groups in total. The number of hydrogen-bond donors (Lipinski definition) is 2. The van der Waals surface area contributed by atoms with Crippen LogP contribution in [0.1, 0.15) is 5.56 Å². The number of hydrazone groups is 1. The van der Waals surface area contributed by atoms with Gasteiger partial charge in [0.25, 0.3) is 15.7 Å². The van der Waals surface area contributed by atoms with Gasteiger partial charge in [-0.05, 0) is 42.5 Å². The summed E-state index contributed by atoms with van der Waals surface area (Å²) in [4.78, 5) is 12.4. The summed E-state index contributed by atoms with van der Waals surface area (Å²) in [7, 11) is -3.79. The van der Waals surface area contributed by atoms with Crippen molar-refractivity contribution in [2.45, 2.75) is 4.90 Å². The highest BCUT2D eigenvalue weighted by Crippen LogP contribution is 2.18. The molecule has 124 valence electrons. The summed E-state index contributed by atoms with van der Waals surface area (Å²) in [6.07, 6.45) is 4.04. The summed E-state index contributed by atoms with van der Waals surface area (Å²) in [6.45, 7) is 0. The third-order valence-electron chi connectivity index (χ3n) is 2.93. The van der Waals surface area contributed by atoms with Gasteiger partial charge in [0, 0.05) is 18.0 Å². The van der Waals surface area contributed by atoms with Gasteiger partial charge in [-0.25, -0.2) is 4.83 Å². The number of nitrogens with zero attached hydrogens (tertiary/aromatic N) is 2. The maximum absolute atomic E-state index is 11.9. The van der Waals surface area contributed by atoms with E-state index in [1.54, 1.807) is 18.2 Å². The average Bonchev–Trinajstić information content (AvgIpc) is 2.55. The van der Waals surface area contributed by atoms with Crippen molar-refractivity contribution in [3.8, 4) is 0 Å². The van der Waals surface area contributed by atoms with Crippen LogP contribution in [0.15, 0.2) is 64.6 Å². The fourth-order valence-corrected chi connectivity index (χ4v) is 2.58. The number of benzene rings is 2. The smallest absolute Gasteiger partial charge is 0.276 e. The lowest BCUT2D eigenvalue weighted by molar-refractivity contribution is -0.385. The van der Waals surface area contributed by atoms with Crippen molar-refractivity contribution in [3.05, 3.63) is 70.3 Å². The molecule has 0 spiro atoms. The summed E-state index contributed by atoms with van der Waals surface area (Å²) in [6, 6.07) is 11.8. The molecule has 0 fully saturated rings. The van der Waals surface area contributed by atoms with Crippen molar-refractivity contribution >= 4 is 33.7 Å². The predicted molar refractivity (Wildman–Crippen MR) is 91.8 cm³/mol. The van der Waals surface area contributed by atoms with Crippen LogP contribution in [0.4, 0.5) is 11.4 Å². The topological polar surface area (TPSA) is 128 Å². The van der Waals surface area contributed by atoms with Crippen LogP contribution >= 0.6 is 0 Å². The van der Waals surface area contributed by atoms with Crippen molar-refractivity contribution in [2.24, 2.45) is 5.10 Å². The second-order valence-corrected chi connectivity index (χ2v) is 6.28. The highest BCUT2D eigenvalue weighted by atomic mass is 32.2. The Labute approximate surface area is 138 Å². The monoisotopic (exact) mass is 346 g/mol. The summed E-state index contributed by atoms with van der Waals surface area (Å²) >= 11 is 0. The minimum absolute atomic E-state index is 0.0246. The van der Waals surface area contributed by atoms with E-state index in [0.29, 0.717) is 11.3 Å². The molecule has 0 aliphatic carbocycles. The minimum atomic E-state index is -3.79. The quantitative estimate of drug-likeness (QED) is 0.358. The van der Waals surface area contributed by atoms with E-state index >= 15 is 0 Å². The number of sulfonamides is 1. The SMILES string of the molecule is Nc1ccc(S(=O)(=O)N/N=C\C=C/c2ccccc2[N+](=O)[O-])cc1. The molecule has 24 heavy (non-hydrogen) atoms. The third kappa shape index (κ3) is 4.40. The molecule has 0 aliphatic heterocycles. The molecule has 0 saturated carbocycles. The molecule has 8 nitrogen and oxygen atoms in total. The number of nitrogens with one attached hydrogen (secondary N) is 1. The van der Waals surface area contributed by atoms with Crippen molar-refractivity contribution in [3.63, 3.8) is 0 Å². The Morgan fingerprint density at radius 1 is 1.12 bits per heavy atom. The lowest BCUT2D eigenvalue weighted by Crippen LogP contribution is -2.18. The van der Waals surface area contributed by atoms with Crippen LogP contribution in [-0.2, 0) is 10.0 Å². The van der Waals surface area contributed by atoms with Crippen molar-refractivity contribution in [1.29, 1.82) is 0 Å². The highest BCUT2D eigenvalue weighted by Gasteiger charge is 2.11. The Kier molecular flexibility index (Phi) is 5.27. The standard InChI is InChI=1S/C15H14N4O4S/c16-13-7-9-14(10-8-13)24(22,23)18-17-11-3-5-12-4-1-2-6-15(12)19(20)21/h1-11,18H,16H2/b5-3-,17-11-. The zero-order chi connectivity index (χ0) is 17.6. The van der Waals surface area contributed by atoms with E-state index in [1.807, 2.05) is 4.83 Å². The summed E-state index contributed by atoms with van der Waals surface area (Å²) in [5.41, 5.74) is 6.28. The first kappa shape index (κ1) is 17.2. The van der Waals surface area contributed by atoms with Gasteiger partial charge >= 0.3 is 0 Å². The Balaban J connectivity index is 2.05. The molecule has 2 aromatic rings. The molecule has 0 atom stereocenters. The van der Waals surface area contributed by atoms with E-state index < -0.39 is 14.9 Å². The number of para-hydroxylation sites is 1. The second kappa shape index (κ2) is 7.38. The molecule has 0 aromatic heterocycles. The van der Waals surface area contributed by atoms with Gasteiger partial charge in [-0.15, -0.1) is 0 Å². The van der Waals surface area contributed by atoms with Crippen LogP contribution in [0.2, 0.25) is 0 Å². The Bertz CT molecular complexity index is 890. The molecular formula is C15H14N4O4S. The molecule has 0 heterocycles. The predicted octanol–water partition coefficient (Wildman–Crippen LogP) is 2.15. The summed E-state index contributed by atoms with van der Waals surface area (Å²) in [5, 5.41) is 14.4. The van der Waals surface area contributed by atoms with E-state index in [4.69, 9.17) is 5.73 Å². The Morgan fingerprint density at radius 3 is 2.46 bits per heavy atom. The normalized spacial score (nSPS) is 11.8. The van der Waals surface area contributed by atoms with Gasteiger partial charge in [-0.2, -0.15) is 13.5 Å². The Morgan fingerprint density at radius 2 is 1.79 bits per heavy atom. The summed E-state index contributed by atoms with van der Waals surface area (Å²) < 4.78 is 23.9. The molecule has 0 bridgehead atoms. The van der Waals surface area contributed by atoms with Crippen LogP contribution in [0.5, 0.6) is 0 Å². The zero-order valence-electron chi connectivity index (χ0n) is 12.4. The molecule has 9 heteroatoms. The average molecular weight is 346 g/mol. The number of nitrogens with two attached hydrogens (primary N) is 1. The van der Waals surface area contributed by atoms with Gasteiger partial charge in [-0.1, -0.05) is 12.1 Å². The lowest BCUT2D eigenvalue weighted by atomic mass is 10.2. The number of allylic oxidation sites excluding steroid dienone is 1. The number of nitro benzene ring substituents is 1. The number of nitrogen functional groups attached to an aromatic ring is 1. The molecule has 0 radical (unpaired) electrons. The van der Waals surface area contributed by atoms with Crippen LogP contribution in [0.3, 0.4) is 0 Å². The highest BCUT2D eigenvalue weighted by molar-refractivity contribution is 7.89. The molecule has 0 unspecified atom stereocenters. The fraction of sp³-hybridized carbons (Fsp3) is 0. The van der Waals surface area contributed by atoms with Crippen LogP contribution in [-0.4, -0.2) is 19.6 Å². The first-order valence-corrected chi connectivity index (χ1v) is 8.19. The van der Waals surface area contributed by atoms with Crippen molar-refractivity contribution in [2.75, 3.05) is 5.73 Å². The van der Waals surface area contributed by atoms with Crippen LogP contribution in [0, 0.1) is 10.1 Å². The molecule has 2 aromatic carbocycles. The van der Waals surface area contributed by atoms with E-state index in [9.17, 15) is 18.5 Å². The van der Waals surface area contributed by atoms with Crippen molar-refractivity contribution < 1.29 is 13.3 Å². The zero-order valence-corrected chi connectivity index (χ0v) is 13.2. The molecule has 2 rings (SSSR count). The third-order valence-corrected chi connectivity index (χ3v) is 4.17. The number of hydrogen-bond acceptors (Lipinski definition) is 6. The van der Waals surface area contributed by atoms with Gasteiger partial charge in [0.1, 0.15) is 0 Å². The first-order chi connectivity index (χ1) is 11.4. The number of rotatable bonds is 6. The lowest BCUT2D eigenvalue weighted by Gasteiger charge is -2.02. The van der Waals surface area contributed by atoms with E-state index in [-0.39, 0.29) is 10.6 Å². The van der Waals surface area contributed by atoms with Gasteiger partial charge in [-0.3, -0.25) is 10.1 Å². The number of anilines is 1. The minimum Gasteiger partial charge on any atom is -0.399 e. The van der Waals surface area contributed by atoms with Crippen LogP contribution < -0.4 is 10.6 Å². The van der Waals surface area contributed by atoms with E-state index in [0.717, 1.165) is 0 Å². The first-order valence-electron chi connectivity index (χ1n) is 6.70. The molecule has 0 aliphatic rings. The maximum atomic E-state index is 11.9. The van der Waals surface area contributed by atoms with Gasteiger partial charge in [0.05, 0.1) is 15.4 Å². The Hall–Kier alpha value is -3.20. The summed E-state index contributed by atoms with van der Waals surface area (Å²) in [5.74, 6) is 0. The fourth-order valence-electron chi connectivity index (χ4n) is 1.78. The van der Waals surface area contributed by atoms with Gasteiger partial charge in [0.15, 0.2) is 0 Å². The van der Waals surface area contributed by atoms with Crippen molar-refractivity contribution in [1.82, 2.24) is 4.83 Å².